The molecule has 2 heterocycles. The van der Waals surface area contributed by atoms with E-state index in [2.05, 4.69) is 9.88 Å². The Hall–Kier alpha value is -2.10. The second kappa shape index (κ2) is 3.98. The molecule has 0 saturated carbocycles. The molecule has 0 unspecified atom stereocenters. The smallest absolute Gasteiger partial charge is 0.310 e. The van der Waals surface area contributed by atoms with Gasteiger partial charge in [0.25, 0.3) is 0 Å². The molecule has 1 N–H and O–H groups in total. The van der Waals surface area contributed by atoms with Gasteiger partial charge < -0.3 is 10.0 Å². The number of aryl methyl sites for hydroxylation is 1. The van der Waals surface area contributed by atoms with Crippen molar-refractivity contribution in [2.75, 3.05) is 18.0 Å². The predicted octanol–water partition coefficient (Wildman–Crippen LogP) is 2.06. The number of anilines is 1. The minimum atomic E-state index is -0.707. The topological polar surface area (TPSA) is 53.4 Å². The van der Waals surface area contributed by atoms with Crippen LogP contribution in [0.5, 0.6) is 0 Å². The van der Waals surface area contributed by atoms with Gasteiger partial charge in [-0.3, -0.25) is 9.78 Å². The van der Waals surface area contributed by atoms with Crippen LogP contribution >= 0.6 is 0 Å². The largest absolute Gasteiger partial charge is 0.481 e. The molecule has 3 rings (SSSR count). The van der Waals surface area contributed by atoms with Crippen LogP contribution in [0.15, 0.2) is 30.3 Å². The number of fused-ring (bicyclic) bond motifs is 1. The number of rotatable bonds is 2. The summed E-state index contributed by atoms with van der Waals surface area (Å²) in [6.45, 7) is 3.13. The minimum absolute atomic E-state index is 0.239. The molecule has 1 aromatic carbocycles. The number of aliphatic carboxylic acids is 1. The standard InChI is InChI=1S/C14H14N2O2/c1-9-6-13(16-7-10(8-16)14(17)18)11-4-2-3-5-12(11)15-9/h2-6,10H,7-8H2,1H3,(H,17,18). The molecule has 0 bridgehead atoms. The predicted molar refractivity (Wildman–Crippen MR) is 69.8 cm³/mol. The van der Waals surface area contributed by atoms with Crippen molar-refractivity contribution in [2.45, 2.75) is 6.92 Å². The molecule has 0 amide bonds. The molecule has 0 aliphatic carbocycles. The van der Waals surface area contributed by atoms with Gasteiger partial charge in [0, 0.05) is 29.9 Å². The summed E-state index contributed by atoms with van der Waals surface area (Å²) in [7, 11) is 0. The van der Waals surface area contributed by atoms with E-state index in [1.54, 1.807) is 0 Å². The van der Waals surface area contributed by atoms with Crippen LogP contribution in [0.25, 0.3) is 10.9 Å². The highest BCUT2D eigenvalue weighted by atomic mass is 16.4. The molecule has 2 aromatic rings. The number of benzene rings is 1. The first-order valence-electron chi connectivity index (χ1n) is 5.99. The third kappa shape index (κ3) is 1.70. The quantitative estimate of drug-likeness (QED) is 0.875. The van der Waals surface area contributed by atoms with Crippen LogP contribution in [0.2, 0.25) is 0 Å². The van der Waals surface area contributed by atoms with Gasteiger partial charge in [0.1, 0.15) is 0 Å². The van der Waals surface area contributed by atoms with E-state index in [1.807, 2.05) is 37.3 Å². The molecule has 4 nitrogen and oxygen atoms in total. The number of carboxylic acid groups (broad SMARTS) is 1. The van der Waals surface area contributed by atoms with E-state index >= 15 is 0 Å². The average molecular weight is 242 g/mol. The maximum Gasteiger partial charge on any atom is 0.310 e. The Morgan fingerprint density at radius 3 is 2.83 bits per heavy atom. The Morgan fingerprint density at radius 2 is 2.11 bits per heavy atom. The van der Waals surface area contributed by atoms with Crippen molar-refractivity contribution >= 4 is 22.6 Å². The van der Waals surface area contributed by atoms with Gasteiger partial charge in [-0.05, 0) is 19.1 Å². The van der Waals surface area contributed by atoms with Crippen LogP contribution < -0.4 is 4.90 Å². The van der Waals surface area contributed by atoms with E-state index in [4.69, 9.17) is 5.11 Å². The third-order valence-corrected chi connectivity index (χ3v) is 3.39. The number of hydrogen-bond donors (Lipinski definition) is 1. The second-order valence-electron chi connectivity index (χ2n) is 4.74. The molecule has 0 spiro atoms. The van der Waals surface area contributed by atoms with Crippen molar-refractivity contribution in [1.82, 2.24) is 4.98 Å². The lowest BCUT2D eigenvalue weighted by Gasteiger charge is -2.39. The van der Waals surface area contributed by atoms with Crippen LogP contribution in [0.1, 0.15) is 5.69 Å². The fourth-order valence-corrected chi connectivity index (χ4v) is 2.38. The van der Waals surface area contributed by atoms with E-state index in [-0.39, 0.29) is 5.92 Å². The Bertz CT molecular complexity index is 618. The van der Waals surface area contributed by atoms with Gasteiger partial charge >= 0.3 is 5.97 Å². The fraction of sp³-hybridized carbons (Fsp3) is 0.286. The molecule has 1 saturated heterocycles. The minimum Gasteiger partial charge on any atom is -0.481 e. The summed E-state index contributed by atoms with van der Waals surface area (Å²) in [4.78, 5) is 17.4. The van der Waals surface area contributed by atoms with Gasteiger partial charge in [-0.1, -0.05) is 18.2 Å². The van der Waals surface area contributed by atoms with Gasteiger partial charge in [-0.25, -0.2) is 0 Å². The average Bonchev–Trinajstić information content (AvgIpc) is 2.26. The molecule has 1 aliphatic rings. The molecule has 92 valence electrons. The van der Waals surface area contributed by atoms with E-state index in [0.717, 1.165) is 22.3 Å². The fourth-order valence-electron chi connectivity index (χ4n) is 2.38. The Balaban J connectivity index is 2.00. The van der Waals surface area contributed by atoms with Crippen LogP contribution in [-0.2, 0) is 4.79 Å². The van der Waals surface area contributed by atoms with E-state index < -0.39 is 5.97 Å². The summed E-state index contributed by atoms with van der Waals surface area (Å²) in [6.07, 6.45) is 0. The van der Waals surface area contributed by atoms with Crippen molar-refractivity contribution in [3.8, 4) is 0 Å². The number of aromatic nitrogens is 1. The van der Waals surface area contributed by atoms with Crippen LogP contribution in [0, 0.1) is 12.8 Å². The lowest BCUT2D eigenvalue weighted by Crippen LogP contribution is -2.50. The zero-order chi connectivity index (χ0) is 12.7. The first-order valence-corrected chi connectivity index (χ1v) is 5.99. The molecule has 0 atom stereocenters. The number of carboxylic acids is 1. The lowest BCUT2D eigenvalue weighted by atomic mass is 9.98. The monoisotopic (exact) mass is 242 g/mol. The lowest BCUT2D eigenvalue weighted by molar-refractivity contribution is -0.142. The molecule has 0 radical (unpaired) electrons. The number of para-hydroxylation sites is 1. The molecule has 1 aromatic heterocycles. The Labute approximate surface area is 105 Å². The first-order chi connectivity index (χ1) is 8.65. The van der Waals surface area contributed by atoms with E-state index in [1.165, 1.54) is 0 Å². The van der Waals surface area contributed by atoms with Crippen LogP contribution in [0.3, 0.4) is 0 Å². The van der Waals surface area contributed by atoms with Crippen molar-refractivity contribution < 1.29 is 9.90 Å². The highest BCUT2D eigenvalue weighted by Crippen LogP contribution is 2.31. The summed E-state index contributed by atoms with van der Waals surface area (Å²) in [5.74, 6) is -0.946. The van der Waals surface area contributed by atoms with Gasteiger partial charge in [-0.2, -0.15) is 0 Å². The van der Waals surface area contributed by atoms with E-state index in [9.17, 15) is 4.79 Å². The number of nitrogens with zero attached hydrogens (tertiary/aromatic N) is 2. The highest BCUT2D eigenvalue weighted by Gasteiger charge is 2.33. The normalized spacial score (nSPS) is 15.7. The Morgan fingerprint density at radius 1 is 1.39 bits per heavy atom. The molecule has 1 fully saturated rings. The maximum absolute atomic E-state index is 10.8. The molecule has 4 heteroatoms. The van der Waals surface area contributed by atoms with Crippen molar-refractivity contribution in [2.24, 2.45) is 5.92 Å². The van der Waals surface area contributed by atoms with Gasteiger partial charge in [0.05, 0.1) is 11.4 Å². The second-order valence-corrected chi connectivity index (χ2v) is 4.74. The maximum atomic E-state index is 10.8. The first kappa shape index (κ1) is 11.0. The molecule has 18 heavy (non-hydrogen) atoms. The Kier molecular flexibility index (Phi) is 2.44. The SMILES string of the molecule is Cc1cc(N2CC(C(=O)O)C2)c2ccccc2n1. The molecular weight excluding hydrogens is 228 g/mol. The number of carbonyl (C=O) groups is 1. The van der Waals surface area contributed by atoms with E-state index in [0.29, 0.717) is 13.1 Å². The summed E-state index contributed by atoms with van der Waals surface area (Å²) < 4.78 is 0. The van der Waals surface area contributed by atoms with Crippen LogP contribution in [-0.4, -0.2) is 29.1 Å². The summed E-state index contributed by atoms with van der Waals surface area (Å²) in [6, 6.07) is 10.00. The third-order valence-electron chi connectivity index (χ3n) is 3.39. The van der Waals surface area contributed by atoms with Crippen LogP contribution in [0.4, 0.5) is 5.69 Å². The summed E-state index contributed by atoms with van der Waals surface area (Å²) in [5.41, 5.74) is 3.02. The number of hydrogen-bond acceptors (Lipinski definition) is 3. The van der Waals surface area contributed by atoms with Gasteiger partial charge in [0.15, 0.2) is 0 Å². The molecule has 1 aliphatic heterocycles. The summed E-state index contributed by atoms with van der Waals surface area (Å²) >= 11 is 0. The zero-order valence-electron chi connectivity index (χ0n) is 10.1. The summed E-state index contributed by atoms with van der Waals surface area (Å²) in [5, 5.41) is 10.0. The van der Waals surface area contributed by atoms with Gasteiger partial charge in [-0.15, -0.1) is 0 Å². The zero-order valence-corrected chi connectivity index (χ0v) is 10.1. The molecular formula is C14H14N2O2. The van der Waals surface area contributed by atoms with Crippen molar-refractivity contribution in [3.63, 3.8) is 0 Å². The van der Waals surface area contributed by atoms with Crippen molar-refractivity contribution in [1.29, 1.82) is 0 Å². The van der Waals surface area contributed by atoms with Crippen molar-refractivity contribution in [3.05, 3.63) is 36.0 Å². The van der Waals surface area contributed by atoms with Gasteiger partial charge in [0.2, 0.25) is 0 Å². The highest BCUT2D eigenvalue weighted by molar-refractivity contribution is 5.93. The number of pyridine rings is 1.